The number of amides is 1. The second-order valence-corrected chi connectivity index (χ2v) is 5.19. The van der Waals surface area contributed by atoms with Crippen LogP contribution in [0.1, 0.15) is 11.1 Å². The fourth-order valence-electron chi connectivity index (χ4n) is 1.41. The van der Waals surface area contributed by atoms with Crippen molar-refractivity contribution in [3.8, 4) is 0 Å². The van der Waals surface area contributed by atoms with E-state index in [0.29, 0.717) is 0 Å². The molecule has 0 bridgehead atoms. The standard InChI is InChI=1S/C13H16FNO3S/c1-8-3-4-9(2)11(5-8)19-7-12(16)15-10(6-14)13(17)18/h3-5,10H,6-7H2,1-2H3,(H,15,16)(H,17,18). The van der Waals surface area contributed by atoms with Crippen molar-refractivity contribution in [1.29, 1.82) is 0 Å². The molecule has 0 saturated heterocycles. The molecular formula is C13H16FNO3S. The highest BCUT2D eigenvalue weighted by molar-refractivity contribution is 8.00. The van der Waals surface area contributed by atoms with Crippen LogP contribution in [-0.2, 0) is 9.59 Å². The van der Waals surface area contributed by atoms with Crippen molar-refractivity contribution in [3.05, 3.63) is 29.3 Å². The maximum absolute atomic E-state index is 12.3. The molecule has 1 unspecified atom stereocenters. The van der Waals surface area contributed by atoms with E-state index in [9.17, 15) is 14.0 Å². The largest absolute Gasteiger partial charge is 0.480 e. The molecule has 0 fully saturated rings. The molecule has 0 radical (unpaired) electrons. The third kappa shape index (κ3) is 4.90. The third-order valence-corrected chi connectivity index (χ3v) is 3.65. The second kappa shape index (κ2) is 7.13. The van der Waals surface area contributed by atoms with Crippen LogP contribution >= 0.6 is 11.8 Å². The van der Waals surface area contributed by atoms with Crippen molar-refractivity contribution in [3.63, 3.8) is 0 Å². The molecule has 6 heteroatoms. The Morgan fingerprint density at radius 2 is 2.11 bits per heavy atom. The molecule has 1 rings (SSSR count). The number of carbonyl (C=O) groups is 2. The molecule has 0 aromatic heterocycles. The van der Waals surface area contributed by atoms with Crippen molar-refractivity contribution in [1.82, 2.24) is 5.32 Å². The lowest BCUT2D eigenvalue weighted by Gasteiger charge is -2.11. The first kappa shape index (κ1) is 15.5. The molecule has 1 atom stereocenters. The molecule has 19 heavy (non-hydrogen) atoms. The number of carboxylic acid groups (broad SMARTS) is 1. The van der Waals surface area contributed by atoms with Gasteiger partial charge in [0.1, 0.15) is 6.67 Å². The third-order valence-electron chi connectivity index (χ3n) is 2.49. The summed E-state index contributed by atoms with van der Waals surface area (Å²) in [6.07, 6.45) is 0. The number of hydrogen-bond acceptors (Lipinski definition) is 3. The van der Waals surface area contributed by atoms with Gasteiger partial charge < -0.3 is 10.4 Å². The molecule has 1 aromatic carbocycles. The van der Waals surface area contributed by atoms with E-state index in [-0.39, 0.29) is 5.75 Å². The number of halogens is 1. The van der Waals surface area contributed by atoms with E-state index in [1.165, 1.54) is 11.8 Å². The number of benzene rings is 1. The Kier molecular flexibility index (Phi) is 5.82. The minimum Gasteiger partial charge on any atom is -0.480 e. The van der Waals surface area contributed by atoms with Gasteiger partial charge in [0.05, 0.1) is 5.75 Å². The van der Waals surface area contributed by atoms with E-state index in [0.717, 1.165) is 16.0 Å². The van der Waals surface area contributed by atoms with Crippen LogP contribution < -0.4 is 5.32 Å². The fourth-order valence-corrected chi connectivity index (χ4v) is 2.34. The number of carboxylic acids is 1. The van der Waals surface area contributed by atoms with Gasteiger partial charge in [-0.25, -0.2) is 9.18 Å². The molecule has 1 amide bonds. The molecule has 0 saturated carbocycles. The number of hydrogen-bond donors (Lipinski definition) is 2. The van der Waals surface area contributed by atoms with E-state index in [1.54, 1.807) is 0 Å². The Balaban J connectivity index is 2.54. The molecule has 4 nitrogen and oxygen atoms in total. The molecule has 0 heterocycles. The first-order chi connectivity index (χ1) is 8.93. The number of nitrogens with one attached hydrogen (secondary N) is 1. The SMILES string of the molecule is Cc1ccc(C)c(SCC(=O)NC(CF)C(=O)O)c1. The summed E-state index contributed by atoms with van der Waals surface area (Å²) < 4.78 is 12.3. The summed E-state index contributed by atoms with van der Waals surface area (Å²) in [7, 11) is 0. The van der Waals surface area contributed by atoms with Crippen LogP contribution in [-0.4, -0.2) is 35.5 Å². The topological polar surface area (TPSA) is 66.4 Å². The van der Waals surface area contributed by atoms with E-state index in [1.807, 2.05) is 32.0 Å². The summed E-state index contributed by atoms with van der Waals surface area (Å²) in [5.41, 5.74) is 2.13. The Morgan fingerprint density at radius 1 is 1.42 bits per heavy atom. The van der Waals surface area contributed by atoms with Crippen LogP contribution in [0.2, 0.25) is 0 Å². The summed E-state index contributed by atoms with van der Waals surface area (Å²) in [6.45, 7) is 2.77. The van der Waals surface area contributed by atoms with Gasteiger partial charge in [-0.15, -0.1) is 11.8 Å². The molecule has 104 valence electrons. The van der Waals surface area contributed by atoms with Gasteiger partial charge in [0.25, 0.3) is 0 Å². The zero-order valence-corrected chi connectivity index (χ0v) is 11.6. The summed E-state index contributed by atoms with van der Waals surface area (Å²) in [5, 5.41) is 10.8. The van der Waals surface area contributed by atoms with E-state index >= 15 is 0 Å². The highest BCUT2D eigenvalue weighted by atomic mass is 32.2. The van der Waals surface area contributed by atoms with Gasteiger partial charge in [0.15, 0.2) is 6.04 Å². The number of thioether (sulfide) groups is 1. The van der Waals surface area contributed by atoms with Crippen molar-refractivity contribution in [2.75, 3.05) is 12.4 Å². The monoisotopic (exact) mass is 285 g/mol. The molecule has 0 aliphatic heterocycles. The van der Waals surface area contributed by atoms with Crippen LogP contribution in [0.25, 0.3) is 0 Å². The Morgan fingerprint density at radius 3 is 2.68 bits per heavy atom. The van der Waals surface area contributed by atoms with E-state index < -0.39 is 24.6 Å². The van der Waals surface area contributed by atoms with Crippen LogP contribution in [0.5, 0.6) is 0 Å². The maximum Gasteiger partial charge on any atom is 0.328 e. The zero-order chi connectivity index (χ0) is 14.4. The van der Waals surface area contributed by atoms with Crippen molar-refractivity contribution < 1.29 is 19.1 Å². The predicted octanol–water partition coefficient (Wildman–Crippen LogP) is 1.93. The highest BCUT2D eigenvalue weighted by Crippen LogP contribution is 2.23. The van der Waals surface area contributed by atoms with Gasteiger partial charge in [-0.1, -0.05) is 17.7 Å². The lowest BCUT2D eigenvalue weighted by Crippen LogP contribution is -2.43. The number of aryl methyl sites for hydroxylation is 2. The number of aliphatic carboxylic acids is 1. The van der Waals surface area contributed by atoms with Crippen LogP contribution in [0.4, 0.5) is 4.39 Å². The molecular weight excluding hydrogens is 269 g/mol. The first-order valence-corrected chi connectivity index (χ1v) is 6.70. The Bertz CT molecular complexity index is 479. The average molecular weight is 285 g/mol. The molecule has 0 aliphatic carbocycles. The summed E-state index contributed by atoms with van der Waals surface area (Å²) >= 11 is 1.31. The minimum atomic E-state index is -1.47. The number of carbonyl (C=O) groups excluding carboxylic acids is 1. The van der Waals surface area contributed by atoms with Gasteiger partial charge in [-0.3, -0.25) is 4.79 Å². The zero-order valence-electron chi connectivity index (χ0n) is 10.8. The molecule has 0 aliphatic rings. The minimum absolute atomic E-state index is 0.0636. The van der Waals surface area contributed by atoms with E-state index in [4.69, 9.17) is 5.11 Å². The highest BCUT2D eigenvalue weighted by Gasteiger charge is 2.19. The van der Waals surface area contributed by atoms with Crippen molar-refractivity contribution >= 4 is 23.6 Å². The number of alkyl halides is 1. The molecule has 1 aromatic rings. The Hall–Kier alpha value is -1.56. The number of rotatable bonds is 6. The van der Waals surface area contributed by atoms with Gasteiger partial charge in [0, 0.05) is 4.90 Å². The summed E-state index contributed by atoms with van der Waals surface area (Å²) in [4.78, 5) is 23.1. The fraction of sp³-hybridized carbons (Fsp3) is 0.385. The Labute approximate surface area is 115 Å². The smallest absolute Gasteiger partial charge is 0.328 e. The van der Waals surface area contributed by atoms with Crippen molar-refractivity contribution in [2.24, 2.45) is 0 Å². The maximum atomic E-state index is 12.3. The van der Waals surface area contributed by atoms with Crippen LogP contribution in [0.15, 0.2) is 23.1 Å². The molecule has 2 N–H and O–H groups in total. The summed E-state index contributed by atoms with van der Waals surface area (Å²) in [6, 6.07) is 4.42. The van der Waals surface area contributed by atoms with Crippen LogP contribution in [0.3, 0.4) is 0 Å². The second-order valence-electron chi connectivity index (χ2n) is 4.17. The van der Waals surface area contributed by atoms with Crippen LogP contribution in [0, 0.1) is 13.8 Å². The predicted molar refractivity (Wildman–Crippen MR) is 72.2 cm³/mol. The lowest BCUT2D eigenvalue weighted by atomic mass is 10.2. The first-order valence-electron chi connectivity index (χ1n) is 5.72. The lowest BCUT2D eigenvalue weighted by molar-refractivity contribution is -0.141. The van der Waals surface area contributed by atoms with Gasteiger partial charge in [-0.05, 0) is 25.5 Å². The van der Waals surface area contributed by atoms with Gasteiger partial charge in [0.2, 0.25) is 5.91 Å². The van der Waals surface area contributed by atoms with E-state index in [2.05, 4.69) is 5.32 Å². The van der Waals surface area contributed by atoms with Crippen molar-refractivity contribution in [2.45, 2.75) is 24.8 Å². The average Bonchev–Trinajstić information content (AvgIpc) is 2.36. The summed E-state index contributed by atoms with van der Waals surface area (Å²) in [5.74, 6) is -1.79. The normalized spacial score (nSPS) is 11.9. The van der Waals surface area contributed by atoms with Gasteiger partial charge >= 0.3 is 5.97 Å². The quantitative estimate of drug-likeness (QED) is 0.784. The molecule has 0 spiro atoms. The van der Waals surface area contributed by atoms with Gasteiger partial charge in [-0.2, -0.15) is 0 Å².